The summed E-state index contributed by atoms with van der Waals surface area (Å²) < 4.78 is 0. The molecule has 2 aliphatic rings. The second kappa shape index (κ2) is 5.03. The average Bonchev–Trinajstić information content (AvgIpc) is 3.00. The summed E-state index contributed by atoms with van der Waals surface area (Å²) in [5.41, 5.74) is 0. The van der Waals surface area contributed by atoms with E-state index in [1.165, 1.54) is 19.3 Å². The highest BCUT2D eigenvalue weighted by Crippen LogP contribution is 2.33. The van der Waals surface area contributed by atoms with E-state index in [1.807, 2.05) is 0 Å². The zero-order valence-electron chi connectivity index (χ0n) is 8.42. The summed E-state index contributed by atoms with van der Waals surface area (Å²) in [4.78, 5) is 11.5. The molecule has 1 unspecified atom stereocenters. The Morgan fingerprint density at radius 2 is 2.29 bits per heavy atom. The van der Waals surface area contributed by atoms with Crippen LogP contribution in [0.3, 0.4) is 0 Å². The van der Waals surface area contributed by atoms with Gasteiger partial charge in [0.1, 0.15) is 0 Å². The standard InChI is InChI=1S/C10H18N2OS/c13-10(7-14-9-3-4-9)12-8-2-1-5-11-6-8/h8-9,11H,1-7H2,(H,12,13). The number of hydrogen-bond donors (Lipinski definition) is 2. The van der Waals surface area contributed by atoms with Crippen LogP contribution in [-0.4, -0.2) is 36.0 Å². The minimum atomic E-state index is 0.218. The quantitative estimate of drug-likeness (QED) is 0.725. The smallest absolute Gasteiger partial charge is 0.230 e. The molecule has 0 aromatic heterocycles. The van der Waals surface area contributed by atoms with Crippen LogP contribution in [0.25, 0.3) is 0 Å². The number of piperidine rings is 1. The molecule has 80 valence electrons. The number of thioether (sulfide) groups is 1. The van der Waals surface area contributed by atoms with Gasteiger partial charge in [-0.2, -0.15) is 0 Å². The molecule has 3 nitrogen and oxygen atoms in total. The van der Waals surface area contributed by atoms with Gasteiger partial charge in [0.25, 0.3) is 0 Å². The van der Waals surface area contributed by atoms with E-state index in [9.17, 15) is 4.79 Å². The first-order valence-electron chi connectivity index (χ1n) is 5.46. The normalized spacial score (nSPS) is 27.3. The second-order valence-electron chi connectivity index (χ2n) is 4.12. The molecule has 2 rings (SSSR count). The number of hydrogen-bond acceptors (Lipinski definition) is 3. The van der Waals surface area contributed by atoms with Crippen LogP contribution in [0.15, 0.2) is 0 Å². The van der Waals surface area contributed by atoms with Crippen molar-refractivity contribution in [1.82, 2.24) is 10.6 Å². The summed E-state index contributed by atoms with van der Waals surface area (Å²) >= 11 is 1.81. The predicted molar refractivity (Wildman–Crippen MR) is 59.5 cm³/mol. The Hall–Kier alpha value is -0.220. The number of amides is 1. The van der Waals surface area contributed by atoms with Crippen LogP contribution in [0.5, 0.6) is 0 Å². The number of carbonyl (C=O) groups is 1. The third-order valence-corrected chi connectivity index (χ3v) is 4.01. The van der Waals surface area contributed by atoms with E-state index in [0.29, 0.717) is 11.8 Å². The fraction of sp³-hybridized carbons (Fsp3) is 0.900. The lowest BCUT2D eigenvalue weighted by molar-refractivity contribution is -0.119. The highest BCUT2D eigenvalue weighted by Gasteiger charge is 2.23. The van der Waals surface area contributed by atoms with Crippen LogP contribution in [0, 0.1) is 0 Å². The van der Waals surface area contributed by atoms with E-state index in [2.05, 4.69) is 10.6 Å². The Morgan fingerprint density at radius 1 is 1.43 bits per heavy atom. The Balaban J connectivity index is 1.59. The fourth-order valence-electron chi connectivity index (χ4n) is 1.67. The molecule has 0 aromatic rings. The lowest BCUT2D eigenvalue weighted by Crippen LogP contribution is -2.46. The van der Waals surface area contributed by atoms with Gasteiger partial charge in [-0.3, -0.25) is 4.79 Å². The maximum atomic E-state index is 11.5. The van der Waals surface area contributed by atoms with Crippen LogP contribution in [-0.2, 0) is 4.79 Å². The summed E-state index contributed by atoms with van der Waals surface area (Å²) in [5, 5.41) is 7.16. The third kappa shape index (κ3) is 3.50. The van der Waals surface area contributed by atoms with Gasteiger partial charge in [0.05, 0.1) is 5.75 Å². The van der Waals surface area contributed by atoms with Crippen molar-refractivity contribution in [1.29, 1.82) is 0 Å². The van der Waals surface area contributed by atoms with Gasteiger partial charge in [0, 0.05) is 17.8 Å². The van der Waals surface area contributed by atoms with E-state index >= 15 is 0 Å². The molecule has 2 fully saturated rings. The Morgan fingerprint density at radius 3 is 2.93 bits per heavy atom. The zero-order valence-corrected chi connectivity index (χ0v) is 9.24. The van der Waals surface area contributed by atoms with Gasteiger partial charge in [-0.1, -0.05) is 0 Å². The van der Waals surface area contributed by atoms with E-state index in [-0.39, 0.29) is 5.91 Å². The minimum Gasteiger partial charge on any atom is -0.351 e. The molecule has 1 aliphatic carbocycles. The highest BCUT2D eigenvalue weighted by atomic mass is 32.2. The molecule has 1 saturated heterocycles. The maximum Gasteiger partial charge on any atom is 0.230 e. The first kappa shape index (κ1) is 10.3. The van der Waals surface area contributed by atoms with Gasteiger partial charge in [-0.05, 0) is 32.2 Å². The molecule has 1 atom stereocenters. The van der Waals surface area contributed by atoms with Crippen molar-refractivity contribution in [3.8, 4) is 0 Å². The van der Waals surface area contributed by atoms with Crippen LogP contribution in [0.2, 0.25) is 0 Å². The van der Waals surface area contributed by atoms with Crippen molar-refractivity contribution >= 4 is 17.7 Å². The molecule has 1 heterocycles. The summed E-state index contributed by atoms with van der Waals surface area (Å²) in [6, 6.07) is 0.371. The van der Waals surface area contributed by atoms with Crippen molar-refractivity contribution in [2.24, 2.45) is 0 Å². The Kier molecular flexibility index (Phi) is 3.70. The molecule has 0 bridgehead atoms. The molecule has 1 amide bonds. The van der Waals surface area contributed by atoms with E-state index in [0.717, 1.165) is 24.8 Å². The van der Waals surface area contributed by atoms with Gasteiger partial charge < -0.3 is 10.6 Å². The molecule has 1 saturated carbocycles. The van der Waals surface area contributed by atoms with Crippen LogP contribution >= 0.6 is 11.8 Å². The molecule has 14 heavy (non-hydrogen) atoms. The molecule has 0 spiro atoms. The highest BCUT2D eigenvalue weighted by molar-refractivity contribution is 8.00. The first-order valence-corrected chi connectivity index (χ1v) is 6.51. The van der Waals surface area contributed by atoms with Crippen molar-refractivity contribution in [2.45, 2.75) is 37.0 Å². The van der Waals surface area contributed by atoms with E-state index in [4.69, 9.17) is 0 Å². The third-order valence-electron chi connectivity index (χ3n) is 2.64. The van der Waals surface area contributed by atoms with Gasteiger partial charge in [-0.25, -0.2) is 0 Å². The zero-order chi connectivity index (χ0) is 9.80. The van der Waals surface area contributed by atoms with E-state index < -0.39 is 0 Å². The number of nitrogens with one attached hydrogen (secondary N) is 2. The minimum absolute atomic E-state index is 0.218. The van der Waals surface area contributed by atoms with Crippen molar-refractivity contribution in [3.05, 3.63) is 0 Å². The fourth-order valence-corrected chi connectivity index (χ4v) is 2.61. The van der Waals surface area contributed by atoms with E-state index in [1.54, 1.807) is 11.8 Å². The second-order valence-corrected chi connectivity index (χ2v) is 5.41. The van der Waals surface area contributed by atoms with Crippen molar-refractivity contribution < 1.29 is 4.79 Å². The number of rotatable bonds is 4. The van der Waals surface area contributed by atoms with Crippen LogP contribution in [0.1, 0.15) is 25.7 Å². The summed E-state index contributed by atoms with van der Waals surface area (Å²) in [7, 11) is 0. The van der Waals surface area contributed by atoms with Crippen LogP contribution in [0.4, 0.5) is 0 Å². The average molecular weight is 214 g/mol. The SMILES string of the molecule is O=C(CSC1CC1)NC1CCCNC1. The molecular formula is C10H18N2OS. The number of carbonyl (C=O) groups excluding carboxylic acids is 1. The summed E-state index contributed by atoms with van der Waals surface area (Å²) in [5.74, 6) is 0.872. The predicted octanol–water partition coefficient (Wildman–Crippen LogP) is 0.750. The Labute approximate surface area is 89.4 Å². The lowest BCUT2D eigenvalue weighted by atomic mass is 10.1. The molecule has 0 aromatic carbocycles. The van der Waals surface area contributed by atoms with Gasteiger partial charge in [0.15, 0.2) is 0 Å². The molecule has 1 aliphatic heterocycles. The van der Waals surface area contributed by atoms with Crippen LogP contribution < -0.4 is 10.6 Å². The lowest BCUT2D eigenvalue weighted by Gasteiger charge is -2.23. The van der Waals surface area contributed by atoms with Gasteiger partial charge in [0.2, 0.25) is 5.91 Å². The molecule has 4 heteroatoms. The molecule has 2 N–H and O–H groups in total. The van der Waals surface area contributed by atoms with Crippen molar-refractivity contribution in [2.75, 3.05) is 18.8 Å². The topological polar surface area (TPSA) is 41.1 Å². The maximum absolute atomic E-state index is 11.5. The molecule has 0 radical (unpaired) electrons. The monoisotopic (exact) mass is 214 g/mol. The summed E-state index contributed by atoms with van der Waals surface area (Å²) in [6.45, 7) is 2.04. The largest absolute Gasteiger partial charge is 0.351 e. The van der Waals surface area contributed by atoms with Crippen molar-refractivity contribution in [3.63, 3.8) is 0 Å². The van der Waals surface area contributed by atoms with Gasteiger partial charge >= 0.3 is 0 Å². The van der Waals surface area contributed by atoms with Gasteiger partial charge in [-0.15, -0.1) is 11.8 Å². The first-order chi connectivity index (χ1) is 6.84. The Bertz CT molecular complexity index is 200. The summed E-state index contributed by atoms with van der Waals surface area (Å²) in [6.07, 6.45) is 4.93. The molecular weight excluding hydrogens is 196 g/mol.